The summed E-state index contributed by atoms with van der Waals surface area (Å²) < 4.78 is 2.05. The summed E-state index contributed by atoms with van der Waals surface area (Å²) in [5.41, 5.74) is 1.15. The van der Waals surface area contributed by atoms with Crippen molar-refractivity contribution in [3.63, 3.8) is 0 Å². The van der Waals surface area contributed by atoms with Crippen molar-refractivity contribution in [1.29, 1.82) is 0 Å². The van der Waals surface area contributed by atoms with E-state index in [0.717, 1.165) is 18.1 Å². The van der Waals surface area contributed by atoms with Crippen molar-refractivity contribution < 1.29 is 4.84 Å². The van der Waals surface area contributed by atoms with Crippen LogP contribution in [0.2, 0.25) is 0 Å². The molecule has 0 aliphatic carbocycles. The number of hydroxylamine groups is 2. The topological polar surface area (TPSA) is 30.3 Å². The normalized spacial score (nSPS) is 11.1. The number of hydrogen-bond donors (Lipinski definition) is 0. The molecule has 0 fully saturated rings. The third kappa shape index (κ3) is 1.84. The van der Waals surface area contributed by atoms with E-state index in [1.165, 1.54) is 0 Å². The molecule has 0 unspecified atom stereocenters. The highest BCUT2D eigenvalue weighted by Crippen LogP contribution is 2.04. The second-order valence-corrected chi connectivity index (χ2v) is 2.82. The average Bonchev–Trinajstić information content (AvgIpc) is 2.36. The van der Waals surface area contributed by atoms with Gasteiger partial charge in [-0.3, -0.25) is 0 Å². The van der Waals surface area contributed by atoms with Gasteiger partial charge in [0.15, 0.2) is 0 Å². The van der Waals surface area contributed by atoms with Crippen molar-refractivity contribution in [1.82, 2.24) is 14.6 Å². The highest BCUT2D eigenvalue weighted by molar-refractivity contribution is 5.02. The van der Waals surface area contributed by atoms with Gasteiger partial charge >= 0.3 is 0 Å². The maximum Gasteiger partial charge on any atom is 0.105 e. The lowest BCUT2D eigenvalue weighted by atomic mass is 10.4. The Balaban J connectivity index is 2.69. The first-order chi connectivity index (χ1) is 5.65. The molecule has 0 aromatic carbocycles. The Morgan fingerprint density at radius 2 is 2.33 bits per heavy atom. The molecule has 1 rings (SSSR count). The molecule has 0 aliphatic rings. The standard InChI is InChI=1S/C8H15N3O/c1-7-9-5-8(11(7)3)6-10(2)12-4/h5H,6H2,1-4H3. The number of hydrogen-bond acceptors (Lipinski definition) is 3. The van der Waals surface area contributed by atoms with E-state index in [0.29, 0.717) is 0 Å². The van der Waals surface area contributed by atoms with Crippen molar-refractivity contribution in [2.45, 2.75) is 13.5 Å². The van der Waals surface area contributed by atoms with Crippen LogP contribution in [0.4, 0.5) is 0 Å². The number of aryl methyl sites for hydroxylation is 1. The van der Waals surface area contributed by atoms with E-state index in [1.807, 2.05) is 27.2 Å². The number of rotatable bonds is 3. The van der Waals surface area contributed by atoms with E-state index < -0.39 is 0 Å². The fourth-order valence-corrected chi connectivity index (χ4v) is 0.989. The first-order valence-electron chi connectivity index (χ1n) is 3.87. The fourth-order valence-electron chi connectivity index (χ4n) is 0.989. The van der Waals surface area contributed by atoms with Gasteiger partial charge in [0.05, 0.1) is 19.3 Å². The fraction of sp³-hybridized carbons (Fsp3) is 0.625. The van der Waals surface area contributed by atoms with Crippen LogP contribution in [0.3, 0.4) is 0 Å². The van der Waals surface area contributed by atoms with Gasteiger partial charge in [-0.05, 0) is 6.92 Å². The van der Waals surface area contributed by atoms with Crippen molar-refractivity contribution >= 4 is 0 Å². The summed E-state index contributed by atoms with van der Waals surface area (Å²) in [6.07, 6.45) is 1.87. The molecule has 0 bridgehead atoms. The Morgan fingerprint density at radius 3 is 2.75 bits per heavy atom. The summed E-state index contributed by atoms with van der Waals surface area (Å²) in [6, 6.07) is 0. The molecule has 1 aromatic rings. The molecule has 0 saturated heterocycles. The molecule has 12 heavy (non-hydrogen) atoms. The molecule has 0 amide bonds. The van der Waals surface area contributed by atoms with Crippen molar-refractivity contribution in [2.24, 2.45) is 7.05 Å². The minimum absolute atomic E-state index is 0.758. The molecule has 0 aliphatic heterocycles. The van der Waals surface area contributed by atoms with Gasteiger partial charge in [0, 0.05) is 20.3 Å². The Kier molecular flexibility index (Phi) is 2.83. The first-order valence-corrected chi connectivity index (χ1v) is 3.87. The summed E-state index contributed by atoms with van der Waals surface area (Å²) in [5.74, 6) is 1.02. The summed E-state index contributed by atoms with van der Waals surface area (Å²) in [6.45, 7) is 2.74. The van der Waals surface area contributed by atoms with E-state index >= 15 is 0 Å². The molecule has 0 spiro atoms. The zero-order valence-corrected chi connectivity index (χ0v) is 8.03. The van der Waals surface area contributed by atoms with Gasteiger partial charge in [0.25, 0.3) is 0 Å². The minimum atomic E-state index is 0.758. The van der Waals surface area contributed by atoms with Crippen molar-refractivity contribution in [3.8, 4) is 0 Å². The van der Waals surface area contributed by atoms with Gasteiger partial charge in [0.2, 0.25) is 0 Å². The van der Waals surface area contributed by atoms with Crippen molar-refractivity contribution in [2.75, 3.05) is 14.2 Å². The molecule has 0 radical (unpaired) electrons. The zero-order chi connectivity index (χ0) is 9.14. The van der Waals surface area contributed by atoms with Crippen LogP contribution in [0, 0.1) is 6.92 Å². The van der Waals surface area contributed by atoms with E-state index in [2.05, 4.69) is 9.55 Å². The van der Waals surface area contributed by atoms with Crippen LogP contribution < -0.4 is 0 Å². The van der Waals surface area contributed by atoms with Gasteiger partial charge in [-0.25, -0.2) is 4.98 Å². The van der Waals surface area contributed by atoms with Crippen molar-refractivity contribution in [3.05, 3.63) is 17.7 Å². The maximum absolute atomic E-state index is 5.01. The Hall–Kier alpha value is -0.870. The van der Waals surface area contributed by atoms with E-state index in [1.54, 1.807) is 12.2 Å². The van der Waals surface area contributed by atoms with Crippen LogP contribution in [0.15, 0.2) is 6.20 Å². The van der Waals surface area contributed by atoms with Crippen LogP contribution in [0.1, 0.15) is 11.5 Å². The highest BCUT2D eigenvalue weighted by atomic mass is 16.7. The highest BCUT2D eigenvalue weighted by Gasteiger charge is 2.04. The number of aromatic nitrogens is 2. The molecular weight excluding hydrogens is 154 g/mol. The SMILES string of the molecule is CON(C)Cc1cnc(C)n1C. The molecule has 68 valence electrons. The molecule has 1 heterocycles. The van der Waals surface area contributed by atoms with Crippen LogP contribution in [0.25, 0.3) is 0 Å². The lowest BCUT2D eigenvalue weighted by molar-refractivity contribution is -0.117. The number of imidazole rings is 1. The average molecular weight is 169 g/mol. The lowest BCUT2D eigenvalue weighted by Gasteiger charge is -2.13. The third-order valence-corrected chi connectivity index (χ3v) is 2.01. The molecule has 1 aromatic heterocycles. The van der Waals surface area contributed by atoms with Gasteiger partial charge < -0.3 is 9.40 Å². The quantitative estimate of drug-likeness (QED) is 0.625. The zero-order valence-electron chi connectivity index (χ0n) is 8.03. The lowest BCUT2D eigenvalue weighted by Crippen LogP contribution is -2.17. The number of nitrogens with zero attached hydrogens (tertiary/aromatic N) is 3. The monoisotopic (exact) mass is 169 g/mol. The van der Waals surface area contributed by atoms with Gasteiger partial charge in [0.1, 0.15) is 5.82 Å². The Labute approximate surface area is 72.7 Å². The van der Waals surface area contributed by atoms with Crippen LogP contribution in [0.5, 0.6) is 0 Å². The minimum Gasteiger partial charge on any atom is -0.334 e. The maximum atomic E-state index is 5.01. The summed E-state index contributed by atoms with van der Waals surface area (Å²) >= 11 is 0. The van der Waals surface area contributed by atoms with E-state index in [-0.39, 0.29) is 0 Å². The van der Waals surface area contributed by atoms with E-state index in [4.69, 9.17) is 4.84 Å². The second-order valence-electron chi connectivity index (χ2n) is 2.82. The second kappa shape index (κ2) is 3.69. The van der Waals surface area contributed by atoms with Gasteiger partial charge in [-0.2, -0.15) is 5.06 Å². The summed E-state index contributed by atoms with van der Waals surface area (Å²) in [5, 5.41) is 1.76. The molecule has 0 saturated carbocycles. The predicted molar refractivity (Wildman–Crippen MR) is 46.4 cm³/mol. The molecule has 4 heteroatoms. The molecular formula is C8H15N3O. The Bertz CT molecular complexity index is 257. The largest absolute Gasteiger partial charge is 0.334 e. The summed E-state index contributed by atoms with van der Waals surface area (Å²) in [7, 11) is 5.55. The van der Waals surface area contributed by atoms with Crippen LogP contribution >= 0.6 is 0 Å². The van der Waals surface area contributed by atoms with Gasteiger partial charge in [-0.1, -0.05) is 0 Å². The molecule has 0 atom stereocenters. The Morgan fingerprint density at radius 1 is 1.67 bits per heavy atom. The van der Waals surface area contributed by atoms with Crippen LogP contribution in [-0.2, 0) is 18.4 Å². The molecule has 4 nitrogen and oxygen atoms in total. The third-order valence-electron chi connectivity index (χ3n) is 2.01. The van der Waals surface area contributed by atoms with Crippen LogP contribution in [-0.4, -0.2) is 28.8 Å². The van der Waals surface area contributed by atoms with E-state index in [9.17, 15) is 0 Å². The smallest absolute Gasteiger partial charge is 0.105 e. The first kappa shape index (κ1) is 9.22. The predicted octanol–water partition coefficient (Wildman–Crippen LogP) is 0.722. The van der Waals surface area contributed by atoms with Gasteiger partial charge in [-0.15, -0.1) is 0 Å². The summed E-state index contributed by atoms with van der Waals surface area (Å²) in [4.78, 5) is 9.19. The molecule has 0 N–H and O–H groups in total.